The molecule has 1 aliphatic rings. The molecular formula is C16H35Cl2N3O. The Morgan fingerprint density at radius 1 is 1.32 bits per heavy atom. The molecule has 0 aliphatic carbocycles. The molecule has 134 valence electrons. The number of amides is 1. The second-order valence-corrected chi connectivity index (χ2v) is 6.02. The molecule has 0 aromatic heterocycles. The van der Waals surface area contributed by atoms with Gasteiger partial charge in [-0.05, 0) is 63.8 Å². The topological polar surface area (TPSA) is 44.4 Å². The Morgan fingerprint density at radius 3 is 2.55 bits per heavy atom. The largest absolute Gasteiger partial charge is 0.356 e. The third-order valence-corrected chi connectivity index (χ3v) is 4.51. The molecule has 1 fully saturated rings. The van der Waals surface area contributed by atoms with Crippen LogP contribution in [0.2, 0.25) is 0 Å². The summed E-state index contributed by atoms with van der Waals surface area (Å²) in [5.74, 6) is 1.39. The summed E-state index contributed by atoms with van der Waals surface area (Å²) < 4.78 is 0. The minimum absolute atomic E-state index is 0. The fraction of sp³-hybridized carbons (Fsp3) is 0.938. The van der Waals surface area contributed by atoms with Crippen LogP contribution in [-0.4, -0.2) is 50.1 Å². The Hall–Kier alpha value is -0.0300. The molecule has 1 aliphatic heterocycles. The Balaban J connectivity index is 0. The maximum Gasteiger partial charge on any atom is 0.220 e. The highest BCUT2D eigenvalue weighted by atomic mass is 35.5. The van der Waals surface area contributed by atoms with Crippen molar-refractivity contribution in [3.63, 3.8) is 0 Å². The van der Waals surface area contributed by atoms with Crippen molar-refractivity contribution in [2.24, 2.45) is 11.8 Å². The van der Waals surface area contributed by atoms with E-state index in [1.54, 1.807) is 0 Å². The van der Waals surface area contributed by atoms with E-state index in [0.29, 0.717) is 18.3 Å². The lowest BCUT2D eigenvalue weighted by molar-refractivity contribution is -0.122. The number of rotatable bonds is 9. The van der Waals surface area contributed by atoms with Gasteiger partial charge < -0.3 is 15.5 Å². The molecule has 4 nitrogen and oxygen atoms in total. The third-order valence-electron chi connectivity index (χ3n) is 4.51. The van der Waals surface area contributed by atoms with Crippen LogP contribution in [0.25, 0.3) is 0 Å². The van der Waals surface area contributed by atoms with Gasteiger partial charge in [0, 0.05) is 13.0 Å². The van der Waals surface area contributed by atoms with Gasteiger partial charge in [-0.1, -0.05) is 20.8 Å². The highest BCUT2D eigenvalue weighted by Crippen LogP contribution is 2.22. The van der Waals surface area contributed by atoms with Gasteiger partial charge in [0.1, 0.15) is 0 Å². The van der Waals surface area contributed by atoms with Crippen LogP contribution in [0.15, 0.2) is 0 Å². The maximum atomic E-state index is 11.9. The first-order chi connectivity index (χ1) is 9.67. The van der Waals surface area contributed by atoms with E-state index in [-0.39, 0.29) is 30.7 Å². The minimum atomic E-state index is 0. The molecule has 2 unspecified atom stereocenters. The van der Waals surface area contributed by atoms with E-state index in [0.717, 1.165) is 45.7 Å². The van der Waals surface area contributed by atoms with E-state index in [2.05, 4.69) is 36.3 Å². The highest BCUT2D eigenvalue weighted by molar-refractivity contribution is 5.85. The SMILES string of the molecule is CCN(CC)CCCNC(=O)CC(C)C1CCCNC1.Cl.Cl. The zero-order valence-electron chi connectivity index (χ0n) is 14.4. The first-order valence-corrected chi connectivity index (χ1v) is 8.37. The lowest BCUT2D eigenvalue weighted by Gasteiger charge is -2.28. The van der Waals surface area contributed by atoms with Gasteiger partial charge in [0.15, 0.2) is 0 Å². The van der Waals surface area contributed by atoms with Crippen molar-refractivity contribution >= 4 is 30.7 Å². The fourth-order valence-corrected chi connectivity index (χ4v) is 2.97. The summed E-state index contributed by atoms with van der Waals surface area (Å²) in [6.45, 7) is 12.9. The number of carbonyl (C=O) groups is 1. The van der Waals surface area contributed by atoms with Crippen LogP contribution in [0.4, 0.5) is 0 Å². The second-order valence-electron chi connectivity index (χ2n) is 6.02. The van der Waals surface area contributed by atoms with Crippen molar-refractivity contribution in [1.29, 1.82) is 0 Å². The lowest BCUT2D eigenvalue weighted by atomic mass is 9.85. The summed E-state index contributed by atoms with van der Waals surface area (Å²) in [7, 11) is 0. The smallest absolute Gasteiger partial charge is 0.220 e. The first kappa shape index (κ1) is 24.2. The van der Waals surface area contributed by atoms with Crippen molar-refractivity contribution in [3.8, 4) is 0 Å². The van der Waals surface area contributed by atoms with Gasteiger partial charge in [-0.25, -0.2) is 0 Å². The molecule has 1 saturated heterocycles. The van der Waals surface area contributed by atoms with E-state index >= 15 is 0 Å². The average molecular weight is 356 g/mol. The van der Waals surface area contributed by atoms with Gasteiger partial charge in [0.25, 0.3) is 0 Å². The van der Waals surface area contributed by atoms with Crippen molar-refractivity contribution < 1.29 is 4.79 Å². The van der Waals surface area contributed by atoms with Gasteiger partial charge >= 0.3 is 0 Å². The molecular weight excluding hydrogens is 321 g/mol. The lowest BCUT2D eigenvalue weighted by Crippen LogP contribution is -2.36. The molecule has 6 heteroatoms. The monoisotopic (exact) mass is 355 g/mol. The van der Waals surface area contributed by atoms with Crippen molar-refractivity contribution in [1.82, 2.24) is 15.5 Å². The van der Waals surface area contributed by atoms with E-state index in [1.807, 2.05) is 0 Å². The van der Waals surface area contributed by atoms with E-state index in [1.165, 1.54) is 12.8 Å². The van der Waals surface area contributed by atoms with Crippen LogP contribution in [-0.2, 0) is 4.79 Å². The van der Waals surface area contributed by atoms with Crippen LogP contribution in [0.5, 0.6) is 0 Å². The molecule has 0 spiro atoms. The van der Waals surface area contributed by atoms with Gasteiger partial charge in [-0.2, -0.15) is 0 Å². The van der Waals surface area contributed by atoms with Gasteiger partial charge in [-0.15, -0.1) is 24.8 Å². The normalized spacial score (nSPS) is 19.0. The van der Waals surface area contributed by atoms with Crippen LogP contribution in [0.1, 0.15) is 46.5 Å². The van der Waals surface area contributed by atoms with Crippen LogP contribution < -0.4 is 10.6 Å². The zero-order chi connectivity index (χ0) is 14.8. The molecule has 0 bridgehead atoms. The summed E-state index contributed by atoms with van der Waals surface area (Å²) in [5.41, 5.74) is 0. The molecule has 1 rings (SSSR count). The molecule has 1 amide bonds. The summed E-state index contributed by atoms with van der Waals surface area (Å²) in [4.78, 5) is 14.3. The number of piperidine rings is 1. The van der Waals surface area contributed by atoms with Crippen LogP contribution in [0.3, 0.4) is 0 Å². The summed E-state index contributed by atoms with van der Waals surface area (Å²) in [6, 6.07) is 0. The van der Waals surface area contributed by atoms with Crippen LogP contribution in [0, 0.1) is 11.8 Å². The minimum Gasteiger partial charge on any atom is -0.356 e. The number of halogens is 2. The Kier molecular flexibility index (Phi) is 16.0. The van der Waals surface area contributed by atoms with E-state index in [9.17, 15) is 4.79 Å². The molecule has 2 atom stereocenters. The second kappa shape index (κ2) is 14.6. The Labute approximate surface area is 149 Å². The average Bonchev–Trinajstić information content (AvgIpc) is 2.48. The van der Waals surface area contributed by atoms with E-state index in [4.69, 9.17) is 0 Å². The third kappa shape index (κ3) is 9.88. The number of carbonyl (C=O) groups excluding carboxylic acids is 1. The number of hydrogen-bond donors (Lipinski definition) is 2. The van der Waals surface area contributed by atoms with Crippen LogP contribution >= 0.6 is 24.8 Å². The zero-order valence-corrected chi connectivity index (χ0v) is 16.0. The highest BCUT2D eigenvalue weighted by Gasteiger charge is 2.21. The predicted octanol–water partition coefficient (Wildman–Crippen LogP) is 2.70. The molecule has 0 aromatic carbocycles. The Morgan fingerprint density at radius 2 is 2.00 bits per heavy atom. The van der Waals surface area contributed by atoms with Crippen molar-refractivity contribution in [2.75, 3.05) is 39.3 Å². The number of nitrogens with one attached hydrogen (secondary N) is 2. The molecule has 1 heterocycles. The molecule has 2 N–H and O–H groups in total. The molecule has 0 aromatic rings. The van der Waals surface area contributed by atoms with E-state index < -0.39 is 0 Å². The fourth-order valence-electron chi connectivity index (χ4n) is 2.97. The molecule has 0 radical (unpaired) electrons. The standard InChI is InChI=1S/C16H33N3O.2ClH/c1-4-19(5-2)11-7-10-18-16(20)12-14(3)15-8-6-9-17-13-15;;/h14-15,17H,4-13H2,1-3H3,(H,18,20);2*1H. The Bertz CT molecular complexity index is 270. The quantitative estimate of drug-likeness (QED) is 0.625. The van der Waals surface area contributed by atoms with Crippen molar-refractivity contribution in [3.05, 3.63) is 0 Å². The summed E-state index contributed by atoms with van der Waals surface area (Å²) >= 11 is 0. The van der Waals surface area contributed by atoms with Gasteiger partial charge in [0.2, 0.25) is 5.91 Å². The summed E-state index contributed by atoms with van der Waals surface area (Å²) in [6.07, 6.45) is 4.24. The number of nitrogens with zero attached hydrogens (tertiary/aromatic N) is 1. The van der Waals surface area contributed by atoms with Gasteiger partial charge in [-0.3, -0.25) is 4.79 Å². The first-order valence-electron chi connectivity index (χ1n) is 8.37. The van der Waals surface area contributed by atoms with Crippen molar-refractivity contribution in [2.45, 2.75) is 46.5 Å². The maximum absolute atomic E-state index is 11.9. The number of hydrogen-bond acceptors (Lipinski definition) is 3. The summed E-state index contributed by atoms with van der Waals surface area (Å²) in [5, 5.41) is 6.50. The molecule has 0 saturated carbocycles. The predicted molar refractivity (Wildman–Crippen MR) is 99.3 cm³/mol. The molecule has 22 heavy (non-hydrogen) atoms. The van der Waals surface area contributed by atoms with Gasteiger partial charge in [0.05, 0.1) is 0 Å².